The van der Waals surface area contributed by atoms with Crippen LogP contribution in [-0.2, 0) is 0 Å². The van der Waals surface area contributed by atoms with E-state index < -0.39 is 0 Å². The zero-order chi connectivity index (χ0) is 14.2. The van der Waals surface area contributed by atoms with Crippen LogP contribution in [0.5, 0.6) is 0 Å². The van der Waals surface area contributed by atoms with Crippen molar-refractivity contribution in [2.45, 2.75) is 70.2 Å². The van der Waals surface area contributed by atoms with E-state index in [1.54, 1.807) is 0 Å². The second-order valence-electron chi connectivity index (χ2n) is 7.79. The van der Waals surface area contributed by atoms with Gasteiger partial charge in [0.15, 0.2) is 5.17 Å². The summed E-state index contributed by atoms with van der Waals surface area (Å²) in [6.45, 7) is 10.6. The first-order valence-electron chi connectivity index (χ1n) is 8.23. The second kappa shape index (κ2) is 5.88. The highest BCUT2D eigenvalue weighted by Crippen LogP contribution is 2.33. The number of nitrogens with zero attached hydrogens (tertiary/aromatic N) is 2. The molecule has 3 atom stereocenters. The molecule has 1 N–H and O–H groups in total. The average molecular weight is 295 g/mol. The van der Waals surface area contributed by atoms with E-state index in [9.17, 15) is 0 Å². The molecular formula is C16H29N3S. The summed E-state index contributed by atoms with van der Waals surface area (Å²) in [6, 6.07) is 1.42. The molecule has 3 rings (SSSR count). The molecule has 4 heteroatoms. The predicted octanol–water partition coefficient (Wildman–Crippen LogP) is 3.11. The lowest BCUT2D eigenvalue weighted by molar-refractivity contribution is 0.185. The van der Waals surface area contributed by atoms with Crippen LogP contribution in [0.4, 0.5) is 0 Å². The SMILES string of the molecule is CC(C)(C)CC1CN=C(NC2CCN3CCCCC23)S1. The van der Waals surface area contributed by atoms with Gasteiger partial charge in [0.2, 0.25) is 0 Å². The Balaban J connectivity index is 1.50. The number of hydrogen-bond donors (Lipinski definition) is 1. The highest BCUT2D eigenvalue weighted by atomic mass is 32.2. The number of rotatable bonds is 2. The van der Waals surface area contributed by atoms with E-state index in [2.05, 4.69) is 31.0 Å². The first kappa shape index (κ1) is 14.7. The number of fused-ring (bicyclic) bond motifs is 1. The Labute approximate surface area is 128 Å². The van der Waals surface area contributed by atoms with Crippen LogP contribution in [0.2, 0.25) is 0 Å². The molecule has 0 aromatic heterocycles. The zero-order valence-corrected chi connectivity index (χ0v) is 14.0. The fourth-order valence-electron chi connectivity index (χ4n) is 3.86. The molecule has 0 bridgehead atoms. The van der Waals surface area contributed by atoms with Crippen molar-refractivity contribution in [3.05, 3.63) is 0 Å². The fourth-order valence-corrected chi connectivity index (χ4v) is 5.28. The van der Waals surface area contributed by atoms with Gasteiger partial charge in [-0.2, -0.15) is 0 Å². The summed E-state index contributed by atoms with van der Waals surface area (Å²) in [5.74, 6) is 0. The topological polar surface area (TPSA) is 27.6 Å². The first-order valence-corrected chi connectivity index (χ1v) is 9.11. The molecule has 3 aliphatic rings. The van der Waals surface area contributed by atoms with Gasteiger partial charge in [0, 0.05) is 23.9 Å². The molecular weight excluding hydrogens is 266 g/mol. The molecule has 2 saturated heterocycles. The highest BCUT2D eigenvalue weighted by molar-refractivity contribution is 8.14. The van der Waals surface area contributed by atoms with Gasteiger partial charge >= 0.3 is 0 Å². The third-order valence-electron chi connectivity index (χ3n) is 4.72. The molecule has 3 heterocycles. The van der Waals surface area contributed by atoms with Crippen molar-refractivity contribution in [2.24, 2.45) is 10.4 Å². The maximum Gasteiger partial charge on any atom is 0.157 e. The molecule has 20 heavy (non-hydrogen) atoms. The van der Waals surface area contributed by atoms with E-state index in [1.807, 2.05) is 11.8 Å². The molecule has 2 fully saturated rings. The number of hydrogen-bond acceptors (Lipinski definition) is 4. The summed E-state index contributed by atoms with van der Waals surface area (Å²) in [6.07, 6.45) is 6.74. The minimum Gasteiger partial charge on any atom is -0.361 e. The van der Waals surface area contributed by atoms with E-state index in [4.69, 9.17) is 4.99 Å². The molecule has 0 saturated carbocycles. The van der Waals surface area contributed by atoms with Gasteiger partial charge in [-0.1, -0.05) is 39.0 Å². The van der Waals surface area contributed by atoms with E-state index in [0.717, 1.165) is 12.6 Å². The van der Waals surface area contributed by atoms with Gasteiger partial charge in [-0.15, -0.1) is 0 Å². The first-order chi connectivity index (χ1) is 9.51. The van der Waals surface area contributed by atoms with E-state index in [0.29, 0.717) is 16.7 Å². The quantitative estimate of drug-likeness (QED) is 0.848. The Morgan fingerprint density at radius 3 is 2.90 bits per heavy atom. The van der Waals surface area contributed by atoms with Gasteiger partial charge in [0.25, 0.3) is 0 Å². The summed E-state index contributed by atoms with van der Waals surface area (Å²) >= 11 is 1.98. The van der Waals surface area contributed by atoms with E-state index in [1.165, 1.54) is 50.4 Å². The molecule has 0 radical (unpaired) electrons. The fraction of sp³-hybridized carbons (Fsp3) is 0.938. The average Bonchev–Trinajstić information content (AvgIpc) is 2.96. The summed E-state index contributed by atoms with van der Waals surface area (Å²) in [4.78, 5) is 7.44. The van der Waals surface area contributed by atoms with Crippen molar-refractivity contribution in [3.8, 4) is 0 Å². The summed E-state index contributed by atoms with van der Waals surface area (Å²) < 4.78 is 0. The lowest BCUT2D eigenvalue weighted by Gasteiger charge is -2.32. The van der Waals surface area contributed by atoms with Crippen LogP contribution >= 0.6 is 11.8 Å². The molecule has 0 spiro atoms. The third kappa shape index (κ3) is 3.51. The lowest BCUT2D eigenvalue weighted by atomic mass is 9.90. The maximum absolute atomic E-state index is 4.75. The number of amidine groups is 1. The van der Waals surface area contributed by atoms with Gasteiger partial charge in [0.1, 0.15) is 0 Å². The summed E-state index contributed by atoms with van der Waals surface area (Å²) in [7, 11) is 0. The second-order valence-corrected chi connectivity index (χ2v) is 9.08. The van der Waals surface area contributed by atoms with Crippen LogP contribution < -0.4 is 5.32 Å². The van der Waals surface area contributed by atoms with Crippen molar-refractivity contribution in [2.75, 3.05) is 19.6 Å². The Morgan fingerprint density at radius 1 is 1.25 bits per heavy atom. The number of thioether (sulfide) groups is 1. The third-order valence-corrected chi connectivity index (χ3v) is 5.84. The summed E-state index contributed by atoms with van der Waals surface area (Å²) in [5.41, 5.74) is 0.413. The summed E-state index contributed by atoms with van der Waals surface area (Å²) in [5, 5.41) is 5.66. The molecule has 3 unspecified atom stereocenters. The van der Waals surface area contributed by atoms with Crippen molar-refractivity contribution in [1.82, 2.24) is 10.2 Å². The lowest BCUT2D eigenvalue weighted by Crippen LogP contribution is -2.46. The largest absolute Gasteiger partial charge is 0.361 e. The zero-order valence-electron chi connectivity index (χ0n) is 13.2. The molecule has 0 amide bonds. The molecule has 3 nitrogen and oxygen atoms in total. The van der Waals surface area contributed by atoms with Gasteiger partial charge in [-0.25, -0.2) is 0 Å². The number of piperidine rings is 1. The standard InChI is InChI=1S/C16H29N3S/c1-16(2,3)10-12-11-17-15(20-12)18-13-7-9-19-8-5-4-6-14(13)19/h12-14H,4-11H2,1-3H3,(H,17,18). The van der Waals surface area contributed by atoms with Crippen LogP contribution in [-0.4, -0.2) is 47.0 Å². The Hall–Kier alpha value is -0.220. The van der Waals surface area contributed by atoms with Gasteiger partial charge in [0.05, 0.1) is 6.54 Å². The van der Waals surface area contributed by atoms with Crippen LogP contribution in [0, 0.1) is 5.41 Å². The van der Waals surface area contributed by atoms with Crippen LogP contribution in [0.25, 0.3) is 0 Å². The van der Waals surface area contributed by atoms with Gasteiger partial charge in [-0.3, -0.25) is 9.89 Å². The van der Waals surface area contributed by atoms with Crippen molar-refractivity contribution < 1.29 is 0 Å². The smallest absolute Gasteiger partial charge is 0.157 e. The molecule has 0 aromatic rings. The van der Waals surface area contributed by atoms with Crippen molar-refractivity contribution >= 4 is 16.9 Å². The Morgan fingerprint density at radius 2 is 2.10 bits per heavy atom. The Bertz CT molecular complexity index is 374. The van der Waals surface area contributed by atoms with Crippen molar-refractivity contribution in [1.29, 1.82) is 0 Å². The van der Waals surface area contributed by atoms with Crippen molar-refractivity contribution in [3.63, 3.8) is 0 Å². The van der Waals surface area contributed by atoms with E-state index >= 15 is 0 Å². The maximum atomic E-state index is 4.75. The number of aliphatic imine (C=N–C) groups is 1. The molecule has 114 valence electrons. The van der Waals surface area contributed by atoms with E-state index in [-0.39, 0.29) is 0 Å². The number of nitrogens with one attached hydrogen (secondary N) is 1. The van der Waals surface area contributed by atoms with Crippen LogP contribution in [0.3, 0.4) is 0 Å². The molecule has 0 aromatic carbocycles. The van der Waals surface area contributed by atoms with Crippen LogP contribution in [0.15, 0.2) is 4.99 Å². The predicted molar refractivity (Wildman–Crippen MR) is 88.5 cm³/mol. The highest BCUT2D eigenvalue weighted by Gasteiger charge is 2.36. The van der Waals surface area contributed by atoms with Gasteiger partial charge < -0.3 is 5.32 Å². The molecule has 3 aliphatic heterocycles. The minimum atomic E-state index is 0.413. The van der Waals surface area contributed by atoms with Gasteiger partial charge in [-0.05, 0) is 37.6 Å². The minimum absolute atomic E-state index is 0.413. The molecule has 0 aliphatic carbocycles. The normalized spacial score (nSPS) is 35.0. The monoisotopic (exact) mass is 295 g/mol. The van der Waals surface area contributed by atoms with Crippen LogP contribution in [0.1, 0.15) is 52.9 Å². The Kier molecular flexibility index (Phi) is 4.32.